The van der Waals surface area contributed by atoms with E-state index in [0.717, 1.165) is 6.07 Å². The third-order valence-corrected chi connectivity index (χ3v) is 2.24. The number of phenols is 1. The summed E-state index contributed by atoms with van der Waals surface area (Å²) < 4.78 is 55.6. The first kappa shape index (κ1) is 15.6. The van der Waals surface area contributed by atoms with E-state index in [9.17, 15) is 8.42 Å². The Morgan fingerprint density at radius 2 is 1.53 bits per heavy atom. The van der Waals surface area contributed by atoms with Crippen LogP contribution in [0.2, 0.25) is 0 Å². The first-order valence-corrected chi connectivity index (χ1v) is 6.57. The second-order valence-electron chi connectivity index (χ2n) is 2.67. The monoisotopic (exact) mass is 284 g/mol. The molecule has 1 aromatic carbocycles. The van der Waals surface area contributed by atoms with Gasteiger partial charge < -0.3 is 19.9 Å². The van der Waals surface area contributed by atoms with E-state index in [1.807, 2.05) is 0 Å². The van der Waals surface area contributed by atoms with E-state index in [4.69, 9.17) is 33.5 Å². The molecule has 17 heavy (non-hydrogen) atoms. The lowest BCUT2D eigenvalue weighted by atomic mass is 10.3. The lowest BCUT2D eigenvalue weighted by Crippen LogP contribution is -2.12. The van der Waals surface area contributed by atoms with Crippen LogP contribution in [-0.4, -0.2) is 31.0 Å². The first-order valence-electron chi connectivity index (χ1n) is 3.69. The van der Waals surface area contributed by atoms with Crippen molar-refractivity contribution in [3.63, 3.8) is 0 Å². The number of hydrogen-bond donors (Lipinski definition) is 3. The van der Waals surface area contributed by atoms with Crippen molar-refractivity contribution >= 4 is 26.1 Å². The van der Waals surface area contributed by atoms with Gasteiger partial charge in [-0.1, -0.05) is 0 Å². The Hall–Kier alpha value is -1.40. The molecule has 1 aromatic rings. The first-order chi connectivity index (χ1) is 7.41. The molecule has 0 aliphatic carbocycles. The molecule has 0 heterocycles. The lowest BCUT2D eigenvalue weighted by molar-refractivity contribution is 0.352. The van der Waals surface area contributed by atoms with Crippen LogP contribution < -0.4 is 10.9 Å². The van der Waals surface area contributed by atoms with E-state index in [0.29, 0.717) is 0 Å². The SMILES string of the molecule is Nc1cc(S(N)(=O)=O)ccc1O.O=S(=O)([O-])[O-]. The maximum absolute atomic E-state index is 10.7. The van der Waals surface area contributed by atoms with Crippen molar-refractivity contribution in [1.82, 2.24) is 0 Å². The normalized spacial score (nSPS) is 11.5. The highest BCUT2D eigenvalue weighted by molar-refractivity contribution is 7.89. The number of benzene rings is 1. The summed E-state index contributed by atoms with van der Waals surface area (Å²) in [6.45, 7) is 0. The molecule has 5 N–H and O–H groups in total. The van der Waals surface area contributed by atoms with Gasteiger partial charge in [0.15, 0.2) is 0 Å². The van der Waals surface area contributed by atoms with Crippen LogP contribution in [0.5, 0.6) is 5.75 Å². The van der Waals surface area contributed by atoms with Gasteiger partial charge in [-0.25, -0.2) is 13.6 Å². The molecule has 98 valence electrons. The predicted octanol–water partition coefficient (Wildman–Crippen LogP) is -1.72. The zero-order valence-corrected chi connectivity index (χ0v) is 9.73. The molecule has 0 saturated heterocycles. The van der Waals surface area contributed by atoms with Crippen LogP contribution in [0.3, 0.4) is 0 Å². The number of sulfonamides is 1. The van der Waals surface area contributed by atoms with Crippen molar-refractivity contribution < 1.29 is 31.0 Å². The zero-order valence-electron chi connectivity index (χ0n) is 8.10. The number of rotatable bonds is 1. The molecule has 0 fully saturated rings. The fourth-order valence-corrected chi connectivity index (χ4v) is 1.26. The molecule has 1 rings (SSSR count). The molecule has 0 aliphatic rings. The van der Waals surface area contributed by atoms with Crippen LogP contribution in [0.4, 0.5) is 5.69 Å². The molecule has 11 heteroatoms. The molecule has 0 spiro atoms. The van der Waals surface area contributed by atoms with Gasteiger partial charge in [-0.05, 0) is 18.2 Å². The maximum atomic E-state index is 10.7. The van der Waals surface area contributed by atoms with E-state index in [2.05, 4.69) is 0 Å². The van der Waals surface area contributed by atoms with Crippen LogP contribution in [0.25, 0.3) is 0 Å². The Labute approximate surface area is 97.3 Å². The Morgan fingerprint density at radius 1 is 1.12 bits per heavy atom. The summed E-state index contributed by atoms with van der Waals surface area (Å²) in [4.78, 5) is -0.113. The molecule has 0 amide bonds. The minimum absolute atomic E-state index is 0.0125. The summed E-state index contributed by atoms with van der Waals surface area (Å²) in [5.41, 5.74) is 5.23. The molecule has 0 aliphatic heterocycles. The highest BCUT2D eigenvalue weighted by atomic mass is 32.3. The summed E-state index contributed by atoms with van der Waals surface area (Å²) in [6.07, 6.45) is 0. The fourth-order valence-electron chi connectivity index (χ4n) is 0.710. The number of aromatic hydroxyl groups is 1. The molecule has 0 atom stereocenters. The summed E-state index contributed by atoms with van der Waals surface area (Å²) in [5.74, 6) is -0.164. The van der Waals surface area contributed by atoms with Gasteiger partial charge in [0.25, 0.3) is 0 Å². The Bertz CT molecular complexity index is 585. The Balaban J connectivity index is 0.000000437. The van der Waals surface area contributed by atoms with Gasteiger partial charge in [-0.2, -0.15) is 0 Å². The van der Waals surface area contributed by atoms with Crippen LogP contribution in [-0.2, 0) is 20.4 Å². The van der Waals surface area contributed by atoms with E-state index in [1.165, 1.54) is 12.1 Å². The number of nitrogens with two attached hydrogens (primary N) is 2. The summed E-state index contributed by atoms with van der Waals surface area (Å²) in [6, 6.07) is 3.46. The topological polar surface area (TPSA) is 187 Å². The number of hydrogen-bond acceptors (Lipinski definition) is 8. The quantitative estimate of drug-likeness (QED) is 0.235. The second-order valence-corrected chi connectivity index (χ2v) is 5.05. The highest BCUT2D eigenvalue weighted by Gasteiger charge is 2.08. The van der Waals surface area contributed by atoms with Gasteiger partial charge >= 0.3 is 0 Å². The fraction of sp³-hybridized carbons (Fsp3) is 0. The van der Waals surface area contributed by atoms with Crippen molar-refractivity contribution in [3.8, 4) is 5.75 Å². The molecule has 9 nitrogen and oxygen atoms in total. The maximum Gasteiger partial charge on any atom is 0.238 e. The van der Waals surface area contributed by atoms with E-state index >= 15 is 0 Å². The average Bonchev–Trinajstić information content (AvgIpc) is 2.04. The number of nitrogen functional groups attached to an aromatic ring is 1. The largest absolute Gasteiger partial charge is 0.759 e. The summed E-state index contributed by atoms with van der Waals surface area (Å²) in [5, 5.41) is 13.8. The minimum atomic E-state index is -5.17. The molecule has 0 radical (unpaired) electrons. The third kappa shape index (κ3) is 7.48. The predicted molar refractivity (Wildman–Crippen MR) is 54.4 cm³/mol. The van der Waals surface area contributed by atoms with E-state index in [1.54, 1.807) is 0 Å². The molecule has 0 aromatic heterocycles. The van der Waals surface area contributed by atoms with Crippen LogP contribution in [0, 0.1) is 0 Å². The van der Waals surface area contributed by atoms with Crippen molar-refractivity contribution in [1.29, 1.82) is 0 Å². The Kier molecular flexibility index (Phi) is 4.85. The van der Waals surface area contributed by atoms with Crippen LogP contribution in [0.1, 0.15) is 0 Å². The summed E-state index contributed by atoms with van der Waals surface area (Å²) >= 11 is 0. The number of phenolic OH excluding ortho intramolecular Hbond substituents is 1. The van der Waals surface area contributed by atoms with Gasteiger partial charge in [0.1, 0.15) is 5.75 Å². The molecular weight excluding hydrogens is 276 g/mol. The highest BCUT2D eigenvalue weighted by Crippen LogP contribution is 2.21. The van der Waals surface area contributed by atoms with Crippen LogP contribution in [0.15, 0.2) is 23.1 Å². The minimum Gasteiger partial charge on any atom is -0.759 e. The molecule has 0 unspecified atom stereocenters. The molecule has 0 saturated carbocycles. The average molecular weight is 284 g/mol. The van der Waals surface area contributed by atoms with Gasteiger partial charge in [0.05, 0.1) is 10.6 Å². The van der Waals surface area contributed by atoms with Gasteiger partial charge in [-0.15, -0.1) is 0 Å². The number of primary sulfonamides is 1. The van der Waals surface area contributed by atoms with Crippen molar-refractivity contribution in [2.75, 3.05) is 5.73 Å². The van der Waals surface area contributed by atoms with Crippen molar-refractivity contribution in [2.45, 2.75) is 4.90 Å². The second kappa shape index (κ2) is 5.29. The van der Waals surface area contributed by atoms with Gasteiger partial charge in [0.2, 0.25) is 10.0 Å². The van der Waals surface area contributed by atoms with E-state index in [-0.39, 0.29) is 16.3 Å². The smallest absolute Gasteiger partial charge is 0.238 e. The van der Waals surface area contributed by atoms with Crippen molar-refractivity contribution in [2.24, 2.45) is 5.14 Å². The zero-order chi connectivity index (χ0) is 13.9. The van der Waals surface area contributed by atoms with Crippen molar-refractivity contribution in [3.05, 3.63) is 18.2 Å². The number of anilines is 1. The van der Waals surface area contributed by atoms with E-state index < -0.39 is 20.4 Å². The lowest BCUT2D eigenvalue weighted by Gasteiger charge is -2.06. The van der Waals surface area contributed by atoms with Gasteiger partial charge in [0, 0.05) is 10.4 Å². The summed E-state index contributed by atoms with van der Waals surface area (Å²) in [7, 11) is -8.90. The molecule has 0 bridgehead atoms. The third-order valence-electron chi connectivity index (χ3n) is 1.33. The standard InChI is InChI=1S/C6H8N2O3S.H2O4S/c7-5-3-4(12(8,10)11)1-2-6(5)9;1-5(2,3)4/h1-3,9H,7H2,(H2,8,10,11);(H2,1,2,3,4)/p-2. The molecular formula is C6H8N2O7S2-2. The Morgan fingerprint density at radius 3 is 1.82 bits per heavy atom. The van der Waals surface area contributed by atoms with Crippen LogP contribution >= 0.6 is 0 Å². The van der Waals surface area contributed by atoms with Gasteiger partial charge in [-0.3, -0.25) is 8.42 Å².